The lowest BCUT2D eigenvalue weighted by atomic mass is 10.3. The molecule has 0 aliphatic carbocycles. The van der Waals surface area contributed by atoms with Gasteiger partial charge in [-0.15, -0.1) is 25.5 Å². The first-order valence-corrected chi connectivity index (χ1v) is 21.1. The number of nitrogens with one attached hydrogen (secondary N) is 1. The van der Waals surface area contributed by atoms with E-state index in [9.17, 15) is 43.2 Å². The lowest BCUT2D eigenvalue weighted by molar-refractivity contribution is 0.0823. The predicted molar refractivity (Wildman–Crippen MR) is 284 cm³/mol. The number of ketones is 1. The molecular formula is C42H59N29O10. The molecule has 0 fully saturated rings. The molecule has 3 amide bonds. The number of aryl methyl sites for hydroxylation is 6. The van der Waals surface area contributed by atoms with E-state index in [2.05, 4.69) is 86.8 Å². The van der Waals surface area contributed by atoms with Crippen molar-refractivity contribution in [2.45, 2.75) is 51.0 Å². The van der Waals surface area contributed by atoms with Gasteiger partial charge >= 0.3 is 28.4 Å². The summed E-state index contributed by atoms with van der Waals surface area (Å²) < 4.78 is 16.6. The van der Waals surface area contributed by atoms with Crippen LogP contribution in [0.2, 0.25) is 0 Å². The summed E-state index contributed by atoms with van der Waals surface area (Å²) in [4.78, 5) is 127. The Morgan fingerprint density at radius 3 is 1.17 bits per heavy atom. The van der Waals surface area contributed by atoms with Crippen LogP contribution in [0, 0.1) is 6.92 Å². The maximum Gasteiger partial charge on any atom is 0.352 e. The van der Waals surface area contributed by atoms with Crippen molar-refractivity contribution in [3.05, 3.63) is 119 Å². The maximum atomic E-state index is 11.7. The van der Waals surface area contributed by atoms with Crippen LogP contribution >= 0.6 is 0 Å². The molecule has 0 radical (unpaired) electrons. The van der Waals surface area contributed by atoms with E-state index in [0.29, 0.717) is 23.0 Å². The highest BCUT2D eigenvalue weighted by Gasteiger charge is 2.20. The standard InChI is InChI=1S/C9H8N6O2.C8H10N6O2.C7H8N6O2.C7H7N5O2.C6H6N6O2.5CH4/c1-5-3-10-8(17-5)6-7-12-13-14(2)9(16)15(7)4-11-6;1-12(2)7(15)5-6-10-11-13(3)8(16)14(6)4-9-5;1-8-6(14)4-5-10-11-12(2)7(15)13(5)3-9-4;1-4(13)5-6-9-10-11(2)7(14)12(6)3-8-5;1-11-6(14)12-2-8-3(4(7)13)5(12)9-10-11;;;;;/h3-4H,1-2H3;4H,1-3H3;3H,1-2H3,(H,8,14);3H,1-2H3;2H,1H3,(H2,7,13);5*1H4. The third-order valence-electron chi connectivity index (χ3n) is 9.94. The second kappa shape index (κ2) is 26.6. The molecule has 81 heavy (non-hydrogen) atoms. The van der Waals surface area contributed by atoms with Gasteiger partial charge in [0.05, 0.1) is 6.20 Å². The zero-order chi connectivity index (χ0) is 55.4. The highest BCUT2D eigenvalue weighted by Crippen LogP contribution is 2.19. The molecule has 0 saturated carbocycles. The van der Waals surface area contributed by atoms with Gasteiger partial charge in [-0.3, -0.25) is 19.2 Å². The van der Waals surface area contributed by atoms with Crippen LogP contribution in [-0.2, 0) is 35.2 Å². The third-order valence-corrected chi connectivity index (χ3v) is 9.94. The number of aromatic nitrogens is 26. The van der Waals surface area contributed by atoms with Crippen LogP contribution in [0.15, 0.2) is 66.2 Å². The third kappa shape index (κ3) is 12.9. The van der Waals surface area contributed by atoms with Crippen LogP contribution in [-0.4, -0.2) is 176 Å². The molecule has 0 aliphatic rings. The fourth-order valence-corrected chi connectivity index (χ4v) is 6.08. The summed E-state index contributed by atoms with van der Waals surface area (Å²) in [6, 6.07) is 0. The molecule has 11 rings (SSSR count). The summed E-state index contributed by atoms with van der Waals surface area (Å²) in [6.45, 7) is 3.14. The number of rotatable bonds is 5. The zero-order valence-electron chi connectivity index (χ0n) is 41.2. The molecule has 39 nitrogen and oxygen atoms in total. The zero-order valence-corrected chi connectivity index (χ0v) is 41.2. The Balaban J connectivity index is 0.000000341. The highest BCUT2D eigenvalue weighted by molar-refractivity contribution is 5.99. The Morgan fingerprint density at radius 1 is 0.494 bits per heavy atom. The van der Waals surface area contributed by atoms with Crippen LogP contribution in [0.4, 0.5) is 0 Å². The summed E-state index contributed by atoms with van der Waals surface area (Å²) >= 11 is 0. The molecule has 11 aromatic heterocycles. The van der Waals surface area contributed by atoms with E-state index in [0.717, 1.165) is 32.2 Å². The number of nitrogens with two attached hydrogens (primary N) is 1. The molecule has 0 unspecified atom stereocenters. The van der Waals surface area contributed by atoms with E-state index >= 15 is 0 Å². The molecule has 3 N–H and O–H groups in total. The Bertz CT molecular complexity index is 4260. The minimum atomic E-state index is -0.741. The molecule has 0 aromatic carbocycles. The van der Waals surface area contributed by atoms with Crippen molar-refractivity contribution >= 4 is 51.7 Å². The molecule has 11 aromatic rings. The summed E-state index contributed by atoms with van der Waals surface area (Å²) in [6.07, 6.45) is 7.92. The van der Waals surface area contributed by atoms with Gasteiger partial charge in [-0.2, -0.15) is 23.4 Å². The molecule has 11 heterocycles. The minimum absolute atomic E-state index is 0. The quantitative estimate of drug-likeness (QED) is 0.159. The average Bonchev–Trinajstić information content (AvgIpc) is 4.27. The summed E-state index contributed by atoms with van der Waals surface area (Å²) in [5.41, 5.74) is 4.72. The van der Waals surface area contributed by atoms with Crippen LogP contribution in [0.25, 0.3) is 39.8 Å². The average molecular weight is 1130 g/mol. The first-order chi connectivity index (χ1) is 36.0. The molecule has 432 valence electrons. The number of Topliss-reactive ketones (excluding diaryl/α,β-unsaturated/α-hetero) is 1. The number of fused-ring (bicyclic) bond motifs is 5. The van der Waals surface area contributed by atoms with Crippen molar-refractivity contribution in [1.82, 2.24) is 137 Å². The first kappa shape index (κ1) is 65.8. The maximum absolute atomic E-state index is 11.7. The summed E-state index contributed by atoms with van der Waals surface area (Å²) in [5, 5.41) is 39.1. The van der Waals surface area contributed by atoms with Crippen LogP contribution in [0.5, 0.6) is 0 Å². The van der Waals surface area contributed by atoms with Gasteiger partial charge in [-0.25, -0.2) is 75.9 Å². The lowest BCUT2D eigenvalue weighted by Gasteiger charge is -2.07. The van der Waals surface area contributed by atoms with E-state index < -0.39 is 28.9 Å². The van der Waals surface area contributed by atoms with E-state index in [1.54, 1.807) is 27.2 Å². The molecule has 0 spiro atoms. The summed E-state index contributed by atoms with van der Waals surface area (Å²) in [5.74, 6) is -0.708. The van der Waals surface area contributed by atoms with E-state index in [4.69, 9.17) is 10.2 Å². The Labute approximate surface area is 455 Å². The summed E-state index contributed by atoms with van der Waals surface area (Å²) in [7, 11) is 12.0. The van der Waals surface area contributed by atoms with Crippen LogP contribution in [0.1, 0.15) is 91.8 Å². The number of carbonyl (C=O) groups excluding carboxylic acids is 4. The number of hydrogen-bond donors (Lipinski definition) is 2. The van der Waals surface area contributed by atoms with Crippen molar-refractivity contribution in [2.75, 3.05) is 21.1 Å². The van der Waals surface area contributed by atoms with Crippen molar-refractivity contribution in [2.24, 2.45) is 41.0 Å². The van der Waals surface area contributed by atoms with Crippen LogP contribution < -0.4 is 39.5 Å². The fraction of sp³-hybridized carbons (Fsp3) is 0.357. The Hall–Kier alpha value is -11.3. The number of imidazole rings is 5. The normalized spacial score (nSPS) is 10.1. The molecule has 39 heteroatoms. The van der Waals surface area contributed by atoms with Crippen molar-refractivity contribution in [3.63, 3.8) is 0 Å². The van der Waals surface area contributed by atoms with E-state index in [1.807, 2.05) is 0 Å². The number of nitrogens with zero attached hydrogens (tertiary/aromatic N) is 27. The number of amides is 3. The first-order valence-electron chi connectivity index (χ1n) is 21.1. The highest BCUT2D eigenvalue weighted by atomic mass is 16.4. The van der Waals surface area contributed by atoms with Crippen LogP contribution in [0.3, 0.4) is 0 Å². The predicted octanol–water partition coefficient (Wildman–Crippen LogP) is -3.38. The van der Waals surface area contributed by atoms with Gasteiger partial charge in [0.15, 0.2) is 62.5 Å². The Morgan fingerprint density at radius 2 is 0.815 bits per heavy atom. The fourth-order valence-electron chi connectivity index (χ4n) is 6.08. The van der Waals surface area contributed by atoms with Gasteiger partial charge in [0.25, 0.3) is 17.7 Å². The van der Waals surface area contributed by atoms with Gasteiger partial charge in [0.1, 0.15) is 37.4 Å². The monoisotopic (exact) mass is 1130 g/mol. The molecule has 0 bridgehead atoms. The second-order valence-electron chi connectivity index (χ2n) is 15.4. The Kier molecular flexibility index (Phi) is 21.6. The SMILES string of the molecule is C.C.C.C.C.CC(=O)c1ncn2c(=O)n(C)nnc12.CN(C)C(=O)c1ncn2c(=O)n(C)nnc12.CNC(=O)c1ncn2c(=O)n(C)nnc12.Cc1cnc(-c2ncn3c(=O)n(C)nnc23)o1.Cn1nnc2c(C(N)=O)ncn2c1=O. The topological polar surface area (TPSA) is 461 Å². The molecule has 0 saturated heterocycles. The van der Waals surface area contributed by atoms with Gasteiger partial charge in [-0.05, 0) is 6.92 Å². The van der Waals surface area contributed by atoms with Gasteiger partial charge in [0.2, 0.25) is 5.89 Å². The number of hydrogen-bond acceptors (Lipinski definition) is 26. The van der Waals surface area contributed by atoms with E-state index in [-0.39, 0.29) is 106 Å². The van der Waals surface area contributed by atoms with Gasteiger partial charge in [-0.1, -0.05) is 63.2 Å². The molecule has 0 atom stereocenters. The van der Waals surface area contributed by atoms with Gasteiger partial charge in [0, 0.05) is 63.3 Å². The van der Waals surface area contributed by atoms with Crippen molar-refractivity contribution in [3.8, 4) is 11.6 Å². The van der Waals surface area contributed by atoms with E-state index in [1.165, 1.54) is 98.9 Å². The smallest absolute Gasteiger partial charge is 0.352 e. The van der Waals surface area contributed by atoms with Crippen molar-refractivity contribution < 1.29 is 23.6 Å². The largest absolute Gasteiger partial charge is 0.440 e. The lowest BCUT2D eigenvalue weighted by Crippen LogP contribution is -2.28. The van der Waals surface area contributed by atoms with Crippen molar-refractivity contribution in [1.29, 1.82) is 0 Å². The number of carbonyl (C=O) groups is 4. The molecule has 0 aliphatic heterocycles. The molecular weight excluding hydrogens is 1070 g/mol. The number of primary amides is 1. The number of oxazole rings is 1. The second-order valence-corrected chi connectivity index (χ2v) is 15.4. The van der Waals surface area contributed by atoms with Gasteiger partial charge < -0.3 is 20.4 Å². The minimum Gasteiger partial charge on any atom is -0.440 e.